The number of hydrogen-bond acceptors (Lipinski definition) is 4. The van der Waals surface area contributed by atoms with E-state index in [2.05, 4.69) is 9.97 Å². The summed E-state index contributed by atoms with van der Waals surface area (Å²) < 4.78 is 0. The maximum absolute atomic E-state index is 11.8. The molecule has 0 N–H and O–H groups in total. The Morgan fingerprint density at radius 2 is 1.68 bits per heavy atom. The van der Waals surface area contributed by atoms with Gasteiger partial charge in [-0.05, 0) is 32.4 Å². The lowest BCUT2D eigenvalue weighted by Gasteiger charge is -2.13. The Balaban J connectivity index is 2.29. The van der Waals surface area contributed by atoms with Gasteiger partial charge < -0.3 is 0 Å². The second-order valence-corrected chi connectivity index (χ2v) is 5.52. The summed E-state index contributed by atoms with van der Waals surface area (Å²) in [6.45, 7) is 5.47. The van der Waals surface area contributed by atoms with E-state index < -0.39 is 0 Å². The zero-order valence-electron chi connectivity index (χ0n) is 11.3. The first-order valence-corrected chi connectivity index (χ1v) is 6.98. The van der Waals surface area contributed by atoms with Crippen LogP contribution in [0.3, 0.4) is 0 Å². The molecule has 0 aliphatic carbocycles. The third kappa shape index (κ3) is 3.64. The highest BCUT2D eigenvalue weighted by atomic mass is 32.2. The van der Waals surface area contributed by atoms with Gasteiger partial charge in [0, 0.05) is 11.4 Å². The average Bonchev–Trinajstić information content (AvgIpc) is 2.35. The number of Topliss-reactive ketones (excluding diaryl/α,β-unsaturated/α-hetero) is 1. The van der Waals surface area contributed by atoms with Gasteiger partial charge in [0.15, 0.2) is 5.16 Å². The predicted octanol–water partition coefficient (Wildman–Crippen LogP) is 3.52. The molecule has 1 aromatic carbocycles. The molecule has 1 atom stereocenters. The van der Waals surface area contributed by atoms with Crippen LogP contribution in [0.1, 0.15) is 29.1 Å². The Hall–Kier alpha value is -1.68. The minimum Gasteiger partial charge on any atom is -0.298 e. The van der Waals surface area contributed by atoms with Crippen LogP contribution >= 0.6 is 11.8 Å². The van der Waals surface area contributed by atoms with Crippen LogP contribution in [0.25, 0.3) is 0 Å². The van der Waals surface area contributed by atoms with Crippen LogP contribution in [0, 0.1) is 13.8 Å². The number of benzene rings is 1. The number of aryl methyl sites for hydroxylation is 2. The normalized spacial score (nSPS) is 12.2. The number of thioether (sulfide) groups is 1. The predicted molar refractivity (Wildman–Crippen MR) is 77.2 cm³/mol. The maximum atomic E-state index is 11.8. The summed E-state index contributed by atoms with van der Waals surface area (Å²) >= 11 is 1.41. The molecule has 0 radical (unpaired) electrons. The van der Waals surface area contributed by atoms with E-state index >= 15 is 0 Å². The SMILES string of the molecule is CC(=O)[C@H](Sc1nc(C)cc(C)n1)c1ccccc1. The first-order chi connectivity index (χ1) is 9.06. The molecule has 0 unspecified atom stereocenters. The monoisotopic (exact) mass is 272 g/mol. The Kier molecular flexibility index (Phi) is 4.32. The third-order valence-corrected chi connectivity index (χ3v) is 3.89. The molecular formula is C15H16N2OS. The molecule has 0 spiro atoms. The van der Waals surface area contributed by atoms with Crippen molar-refractivity contribution in [2.75, 3.05) is 0 Å². The summed E-state index contributed by atoms with van der Waals surface area (Å²) in [5, 5.41) is 0.406. The van der Waals surface area contributed by atoms with Crippen molar-refractivity contribution in [3.05, 3.63) is 53.3 Å². The molecule has 98 valence electrons. The van der Waals surface area contributed by atoms with E-state index in [0.29, 0.717) is 5.16 Å². The van der Waals surface area contributed by atoms with Gasteiger partial charge in [-0.1, -0.05) is 42.1 Å². The Morgan fingerprint density at radius 1 is 1.11 bits per heavy atom. The summed E-state index contributed by atoms with van der Waals surface area (Å²) in [5.74, 6) is 0.110. The summed E-state index contributed by atoms with van der Waals surface area (Å²) in [4.78, 5) is 20.6. The van der Waals surface area contributed by atoms with Crippen molar-refractivity contribution in [1.82, 2.24) is 9.97 Å². The fourth-order valence-electron chi connectivity index (χ4n) is 1.87. The van der Waals surface area contributed by atoms with Crippen LogP contribution in [-0.2, 0) is 4.79 Å². The van der Waals surface area contributed by atoms with E-state index in [9.17, 15) is 4.79 Å². The van der Waals surface area contributed by atoms with E-state index in [0.717, 1.165) is 17.0 Å². The Morgan fingerprint density at radius 3 is 2.21 bits per heavy atom. The molecule has 1 heterocycles. The summed E-state index contributed by atoms with van der Waals surface area (Å²) in [5.41, 5.74) is 2.83. The highest BCUT2D eigenvalue weighted by Gasteiger charge is 2.19. The lowest BCUT2D eigenvalue weighted by molar-refractivity contribution is -0.116. The molecule has 3 nitrogen and oxygen atoms in total. The van der Waals surface area contributed by atoms with E-state index in [1.807, 2.05) is 50.2 Å². The van der Waals surface area contributed by atoms with Gasteiger partial charge >= 0.3 is 0 Å². The van der Waals surface area contributed by atoms with Crippen molar-refractivity contribution in [2.24, 2.45) is 0 Å². The summed E-state index contributed by atoms with van der Waals surface area (Å²) in [6.07, 6.45) is 0. The van der Waals surface area contributed by atoms with Crippen molar-refractivity contribution in [2.45, 2.75) is 31.2 Å². The van der Waals surface area contributed by atoms with Gasteiger partial charge in [0.2, 0.25) is 0 Å². The van der Waals surface area contributed by atoms with Gasteiger partial charge in [0.1, 0.15) is 5.78 Å². The third-order valence-electron chi connectivity index (χ3n) is 2.66. The van der Waals surface area contributed by atoms with E-state index in [-0.39, 0.29) is 11.0 Å². The highest BCUT2D eigenvalue weighted by Crippen LogP contribution is 2.34. The van der Waals surface area contributed by atoms with Gasteiger partial charge in [-0.25, -0.2) is 9.97 Å². The van der Waals surface area contributed by atoms with Gasteiger partial charge in [-0.3, -0.25) is 4.79 Å². The van der Waals surface area contributed by atoms with E-state index in [1.54, 1.807) is 6.92 Å². The van der Waals surface area contributed by atoms with Crippen molar-refractivity contribution in [1.29, 1.82) is 0 Å². The Labute approximate surface area is 117 Å². The van der Waals surface area contributed by atoms with Crippen molar-refractivity contribution in [3.8, 4) is 0 Å². The number of hydrogen-bond donors (Lipinski definition) is 0. The number of ketones is 1. The van der Waals surface area contributed by atoms with Crippen LogP contribution in [0.5, 0.6) is 0 Å². The topological polar surface area (TPSA) is 42.9 Å². The summed E-state index contributed by atoms with van der Waals surface area (Å²) in [6, 6.07) is 11.7. The van der Waals surface area contributed by atoms with Crippen molar-refractivity contribution < 1.29 is 4.79 Å². The molecule has 0 fully saturated rings. The van der Waals surface area contributed by atoms with Crippen LogP contribution < -0.4 is 0 Å². The van der Waals surface area contributed by atoms with Crippen LogP contribution in [-0.4, -0.2) is 15.8 Å². The van der Waals surface area contributed by atoms with E-state index in [1.165, 1.54) is 11.8 Å². The first kappa shape index (κ1) is 13.7. The fourth-order valence-corrected chi connectivity index (χ4v) is 2.93. The largest absolute Gasteiger partial charge is 0.298 e. The second-order valence-electron chi connectivity index (χ2n) is 4.45. The van der Waals surface area contributed by atoms with E-state index in [4.69, 9.17) is 0 Å². The smallest absolute Gasteiger partial charge is 0.189 e. The van der Waals surface area contributed by atoms with Gasteiger partial charge in [0.25, 0.3) is 0 Å². The maximum Gasteiger partial charge on any atom is 0.189 e. The van der Waals surface area contributed by atoms with Crippen LogP contribution in [0.15, 0.2) is 41.6 Å². The molecule has 2 rings (SSSR count). The van der Waals surface area contributed by atoms with Crippen LogP contribution in [0.2, 0.25) is 0 Å². The van der Waals surface area contributed by atoms with Gasteiger partial charge in [-0.2, -0.15) is 0 Å². The molecule has 0 saturated heterocycles. The minimum absolute atomic E-state index is 0.110. The molecule has 0 aliphatic rings. The number of nitrogens with zero attached hydrogens (tertiary/aromatic N) is 2. The zero-order valence-corrected chi connectivity index (χ0v) is 12.1. The molecule has 19 heavy (non-hydrogen) atoms. The quantitative estimate of drug-likeness (QED) is 0.631. The number of carbonyl (C=O) groups excluding carboxylic acids is 1. The van der Waals surface area contributed by atoms with Gasteiger partial charge in [0.05, 0.1) is 5.25 Å². The molecule has 4 heteroatoms. The Bertz CT molecular complexity index is 564. The fraction of sp³-hybridized carbons (Fsp3) is 0.267. The molecule has 2 aromatic rings. The highest BCUT2D eigenvalue weighted by molar-refractivity contribution is 8.00. The molecule has 0 amide bonds. The number of aromatic nitrogens is 2. The lowest BCUT2D eigenvalue weighted by atomic mass is 10.1. The summed E-state index contributed by atoms with van der Waals surface area (Å²) in [7, 11) is 0. The molecule has 0 saturated carbocycles. The average molecular weight is 272 g/mol. The number of carbonyl (C=O) groups is 1. The molecule has 0 bridgehead atoms. The molecule has 0 aliphatic heterocycles. The van der Waals surface area contributed by atoms with Gasteiger partial charge in [-0.15, -0.1) is 0 Å². The van der Waals surface area contributed by atoms with Crippen molar-refractivity contribution >= 4 is 17.5 Å². The standard InChI is InChI=1S/C15H16N2OS/c1-10-9-11(2)17-15(16-10)19-14(12(3)18)13-7-5-4-6-8-13/h4-9,14H,1-3H3/t14-/m0/s1. The van der Waals surface area contributed by atoms with Crippen molar-refractivity contribution in [3.63, 3.8) is 0 Å². The van der Waals surface area contributed by atoms with Crippen LogP contribution in [0.4, 0.5) is 0 Å². The number of rotatable bonds is 4. The zero-order chi connectivity index (χ0) is 13.8. The molecule has 1 aromatic heterocycles. The minimum atomic E-state index is -0.248. The second kappa shape index (κ2) is 5.97. The first-order valence-electron chi connectivity index (χ1n) is 6.10. The lowest BCUT2D eigenvalue weighted by Crippen LogP contribution is -2.06. The molecular weight excluding hydrogens is 256 g/mol.